The van der Waals surface area contributed by atoms with Crippen molar-refractivity contribution in [1.29, 1.82) is 0 Å². The Morgan fingerprint density at radius 3 is 2.17 bits per heavy atom. The van der Waals surface area contributed by atoms with Crippen LogP contribution in [-0.2, 0) is 12.0 Å². The van der Waals surface area contributed by atoms with E-state index in [4.69, 9.17) is 5.73 Å². The van der Waals surface area contributed by atoms with Gasteiger partial charge in [-0.1, -0.05) is 45.0 Å². The molecule has 2 N–H and O–H groups in total. The Morgan fingerprint density at radius 2 is 1.75 bits per heavy atom. The predicted molar refractivity (Wildman–Crippen MR) is 53.0 cm³/mol. The lowest BCUT2D eigenvalue weighted by Gasteiger charge is -2.22. The van der Waals surface area contributed by atoms with Gasteiger partial charge in [0.2, 0.25) is 0 Å². The van der Waals surface area contributed by atoms with Crippen LogP contribution in [0.3, 0.4) is 0 Å². The molecule has 0 atom stereocenters. The molecule has 1 aromatic carbocycles. The molecule has 0 amide bonds. The van der Waals surface area contributed by atoms with Crippen molar-refractivity contribution in [2.75, 3.05) is 0 Å². The van der Waals surface area contributed by atoms with Crippen molar-refractivity contribution in [3.05, 3.63) is 35.4 Å². The second-order valence-electron chi connectivity index (χ2n) is 4.11. The molecule has 0 aliphatic heterocycles. The van der Waals surface area contributed by atoms with Crippen LogP contribution in [0.4, 0.5) is 0 Å². The lowest BCUT2D eigenvalue weighted by Crippen LogP contribution is -2.15. The summed E-state index contributed by atoms with van der Waals surface area (Å²) in [5.74, 6) is 0. The maximum Gasteiger partial charge on any atom is 0.0181 e. The number of hydrogen-bond donors (Lipinski definition) is 1. The summed E-state index contributed by atoms with van der Waals surface area (Å²) in [6, 6.07) is 8.36. The Bertz CT molecular complexity index is 258. The Morgan fingerprint density at radius 1 is 1.17 bits per heavy atom. The molecule has 0 aromatic heterocycles. The van der Waals surface area contributed by atoms with Gasteiger partial charge < -0.3 is 5.73 Å². The van der Waals surface area contributed by atoms with Crippen molar-refractivity contribution in [2.45, 2.75) is 32.7 Å². The molecule has 0 aliphatic carbocycles. The van der Waals surface area contributed by atoms with Crippen LogP contribution in [0.15, 0.2) is 24.3 Å². The SMILES string of the molecule is CC(C)(C)c1ccccc1CN. The molecule has 1 nitrogen and oxygen atoms in total. The molecule has 0 radical (unpaired) electrons. The first-order chi connectivity index (χ1) is 5.55. The number of benzene rings is 1. The fraction of sp³-hybridized carbons (Fsp3) is 0.455. The summed E-state index contributed by atoms with van der Waals surface area (Å²) in [7, 11) is 0. The fourth-order valence-corrected chi connectivity index (χ4v) is 1.43. The lowest BCUT2D eigenvalue weighted by atomic mass is 9.84. The molecule has 1 aromatic rings. The molecule has 0 saturated heterocycles. The van der Waals surface area contributed by atoms with Gasteiger partial charge in [-0.15, -0.1) is 0 Å². The largest absolute Gasteiger partial charge is 0.326 e. The molecule has 0 fully saturated rings. The van der Waals surface area contributed by atoms with Crippen molar-refractivity contribution in [3.63, 3.8) is 0 Å². The molecule has 12 heavy (non-hydrogen) atoms. The van der Waals surface area contributed by atoms with E-state index in [1.807, 2.05) is 6.07 Å². The zero-order valence-corrected chi connectivity index (χ0v) is 8.09. The average molecular weight is 163 g/mol. The third kappa shape index (κ3) is 1.86. The highest BCUT2D eigenvalue weighted by Gasteiger charge is 2.15. The molecule has 0 saturated carbocycles. The summed E-state index contributed by atoms with van der Waals surface area (Å²) < 4.78 is 0. The van der Waals surface area contributed by atoms with Gasteiger partial charge in [-0.05, 0) is 16.5 Å². The van der Waals surface area contributed by atoms with Gasteiger partial charge in [-0.25, -0.2) is 0 Å². The Kier molecular flexibility index (Phi) is 2.53. The maximum atomic E-state index is 5.65. The zero-order valence-electron chi connectivity index (χ0n) is 8.09. The Labute approximate surface area is 74.6 Å². The highest BCUT2D eigenvalue weighted by molar-refractivity contribution is 5.32. The molecule has 66 valence electrons. The van der Waals surface area contributed by atoms with Crippen LogP contribution in [0.5, 0.6) is 0 Å². The second-order valence-corrected chi connectivity index (χ2v) is 4.11. The van der Waals surface area contributed by atoms with Crippen LogP contribution < -0.4 is 5.73 Å². The Balaban J connectivity index is 3.14. The van der Waals surface area contributed by atoms with Gasteiger partial charge in [0.1, 0.15) is 0 Å². The van der Waals surface area contributed by atoms with E-state index < -0.39 is 0 Å². The minimum absolute atomic E-state index is 0.204. The van der Waals surface area contributed by atoms with Gasteiger partial charge >= 0.3 is 0 Å². The van der Waals surface area contributed by atoms with E-state index in [1.165, 1.54) is 11.1 Å². The molecule has 0 heterocycles. The quantitative estimate of drug-likeness (QED) is 0.676. The molecule has 0 unspecified atom stereocenters. The first kappa shape index (κ1) is 9.27. The van der Waals surface area contributed by atoms with E-state index in [1.54, 1.807) is 0 Å². The minimum Gasteiger partial charge on any atom is -0.326 e. The molecule has 1 heteroatoms. The van der Waals surface area contributed by atoms with Gasteiger partial charge in [-0.2, -0.15) is 0 Å². The summed E-state index contributed by atoms with van der Waals surface area (Å²) in [6.45, 7) is 7.26. The van der Waals surface area contributed by atoms with Crippen LogP contribution in [0, 0.1) is 0 Å². The summed E-state index contributed by atoms with van der Waals surface area (Å²) in [6.07, 6.45) is 0. The van der Waals surface area contributed by atoms with Crippen LogP contribution in [0.2, 0.25) is 0 Å². The van der Waals surface area contributed by atoms with Crippen molar-refractivity contribution < 1.29 is 0 Å². The van der Waals surface area contributed by atoms with Crippen molar-refractivity contribution in [2.24, 2.45) is 5.73 Å². The summed E-state index contributed by atoms with van der Waals surface area (Å²) >= 11 is 0. The predicted octanol–water partition coefficient (Wildman–Crippen LogP) is 2.44. The number of nitrogens with two attached hydrogens (primary N) is 1. The standard InChI is InChI=1S/C11H17N/c1-11(2,3)10-7-5-4-6-9(10)8-12/h4-7H,8,12H2,1-3H3. The highest BCUT2D eigenvalue weighted by Crippen LogP contribution is 2.24. The topological polar surface area (TPSA) is 26.0 Å². The zero-order chi connectivity index (χ0) is 9.19. The summed E-state index contributed by atoms with van der Waals surface area (Å²) in [5, 5.41) is 0. The fourth-order valence-electron chi connectivity index (χ4n) is 1.43. The van der Waals surface area contributed by atoms with E-state index in [-0.39, 0.29) is 5.41 Å². The first-order valence-electron chi connectivity index (χ1n) is 4.34. The third-order valence-corrected chi connectivity index (χ3v) is 2.05. The van der Waals surface area contributed by atoms with Crippen molar-refractivity contribution in [1.82, 2.24) is 0 Å². The average Bonchev–Trinajstić information content (AvgIpc) is 2.03. The maximum absolute atomic E-state index is 5.65. The number of hydrogen-bond acceptors (Lipinski definition) is 1. The normalized spacial score (nSPS) is 11.7. The smallest absolute Gasteiger partial charge is 0.0181 e. The van der Waals surface area contributed by atoms with Crippen LogP contribution >= 0.6 is 0 Å². The van der Waals surface area contributed by atoms with Crippen LogP contribution in [0.1, 0.15) is 31.9 Å². The first-order valence-corrected chi connectivity index (χ1v) is 4.34. The molecule has 1 rings (SSSR count). The lowest BCUT2D eigenvalue weighted by molar-refractivity contribution is 0.582. The summed E-state index contributed by atoms with van der Waals surface area (Å²) in [5.41, 5.74) is 8.46. The van der Waals surface area contributed by atoms with Gasteiger partial charge in [0.15, 0.2) is 0 Å². The Hall–Kier alpha value is -0.820. The van der Waals surface area contributed by atoms with Crippen molar-refractivity contribution >= 4 is 0 Å². The van der Waals surface area contributed by atoms with Crippen molar-refractivity contribution in [3.8, 4) is 0 Å². The van der Waals surface area contributed by atoms with E-state index in [9.17, 15) is 0 Å². The third-order valence-electron chi connectivity index (χ3n) is 2.05. The van der Waals surface area contributed by atoms with E-state index in [0.717, 1.165) is 0 Å². The number of rotatable bonds is 1. The molecule has 0 aliphatic rings. The van der Waals surface area contributed by atoms with Gasteiger partial charge in [-0.3, -0.25) is 0 Å². The molecule has 0 spiro atoms. The monoisotopic (exact) mass is 163 g/mol. The van der Waals surface area contributed by atoms with E-state index in [2.05, 4.69) is 39.0 Å². The molecular formula is C11H17N. The van der Waals surface area contributed by atoms with Gasteiger partial charge in [0.25, 0.3) is 0 Å². The minimum atomic E-state index is 0.204. The highest BCUT2D eigenvalue weighted by atomic mass is 14.5. The van der Waals surface area contributed by atoms with Gasteiger partial charge in [0.05, 0.1) is 0 Å². The second kappa shape index (κ2) is 3.28. The molecular weight excluding hydrogens is 146 g/mol. The van der Waals surface area contributed by atoms with Gasteiger partial charge in [0, 0.05) is 6.54 Å². The van der Waals surface area contributed by atoms with E-state index in [0.29, 0.717) is 6.54 Å². The van der Waals surface area contributed by atoms with E-state index >= 15 is 0 Å². The molecule has 0 bridgehead atoms. The van der Waals surface area contributed by atoms with Crippen LogP contribution in [0.25, 0.3) is 0 Å². The summed E-state index contributed by atoms with van der Waals surface area (Å²) in [4.78, 5) is 0. The van der Waals surface area contributed by atoms with Crippen LogP contribution in [-0.4, -0.2) is 0 Å².